The van der Waals surface area contributed by atoms with E-state index in [1.807, 2.05) is 48.5 Å². The third kappa shape index (κ3) is 4.22. The molecule has 0 aliphatic rings. The molecule has 0 bridgehead atoms. The molecule has 0 N–H and O–H groups in total. The number of rotatable bonds is 5. The topological polar surface area (TPSA) is 85.5 Å². The molecule has 0 atom stereocenters. The van der Waals surface area contributed by atoms with Crippen LogP contribution in [0.1, 0.15) is 5.56 Å². The van der Waals surface area contributed by atoms with Gasteiger partial charge in [0.2, 0.25) is 5.82 Å². The third-order valence-corrected chi connectivity index (χ3v) is 4.24. The van der Waals surface area contributed by atoms with Crippen molar-refractivity contribution in [2.45, 2.75) is 0 Å². The van der Waals surface area contributed by atoms with Crippen LogP contribution in [-0.2, 0) is 0 Å². The predicted octanol–water partition coefficient (Wildman–Crippen LogP) is 3.86. The van der Waals surface area contributed by atoms with Crippen molar-refractivity contribution in [2.24, 2.45) is 5.10 Å². The Morgan fingerprint density at radius 1 is 0.967 bits per heavy atom. The SMILES string of the molecule is COc1ccc(-c2nnn(C(=O)N(/N=C/c3ccccc3)c3ccccc3)n2)cc1. The first-order chi connectivity index (χ1) is 14.7. The molecule has 0 saturated heterocycles. The Labute approximate surface area is 173 Å². The summed E-state index contributed by atoms with van der Waals surface area (Å²) in [4.78, 5) is 14.0. The van der Waals surface area contributed by atoms with Crippen LogP contribution in [0.2, 0.25) is 0 Å². The van der Waals surface area contributed by atoms with E-state index in [2.05, 4.69) is 20.5 Å². The Hall–Kier alpha value is -4.33. The number of methoxy groups -OCH3 is 1. The number of benzene rings is 3. The fourth-order valence-corrected chi connectivity index (χ4v) is 2.69. The molecule has 0 radical (unpaired) electrons. The highest BCUT2D eigenvalue weighted by molar-refractivity contribution is 5.94. The van der Waals surface area contributed by atoms with Gasteiger partial charge >= 0.3 is 6.03 Å². The Morgan fingerprint density at radius 2 is 1.63 bits per heavy atom. The number of carbonyl (C=O) groups excluding carboxylic acids is 1. The number of ether oxygens (including phenoxy) is 1. The maximum absolute atomic E-state index is 13.1. The summed E-state index contributed by atoms with van der Waals surface area (Å²) >= 11 is 0. The van der Waals surface area contributed by atoms with Gasteiger partial charge in [-0.3, -0.25) is 0 Å². The van der Waals surface area contributed by atoms with Gasteiger partial charge in [0.15, 0.2) is 0 Å². The number of aromatic nitrogens is 4. The number of para-hydroxylation sites is 1. The molecular weight excluding hydrogens is 380 g/mol. The van der Waals surface area contributed by atoms with Gasteiger partial charge in [0.05, 0.1) is 19.0 Å². The summed E-state index contributed by atoms with van der Waals surface area (Å²) in [7, 11) is 1.59. The van der Waals surface area contributed by atoms with Crippen molar-refractivity contribution in [1.29, 1.82) is 0 Å². The van der Waals surface area contributed by atoms with Crippen molar-refractivity contribution >= 4 is 17.9 Å². The first-order valence-electron chi connectivity index (χ1n) is 9.17. The molecule has 1 aromatic heterocycles. The first kappa shape index (κ1) is 19.0. The summed E-state index contributed by atoms with van der Waals surface area (Å²) in [6.45, 7) is 0. The average molecular weight is 398 g/mol. The molecule has 8 heteroatoms. The van der Waals surface area contributed by atoms with Gasteiger partial charge in [-0.1, -0.05) is 53.3 Å². The standard InChI is InChI=1S/C22H18N6O2/c1-30-20-14-12-18(13-15-20)21-24-26-28(25-21)22(29)27(19-10-6-3-7-11-19)23-16-17-8-4-2-5-9-17/h2-16H,1H3/b23-16+. The summed E-state index contributed by atoms with van der Waals surface area (Å²) < 4.78 is 5.15. The van der Waals surface area contributed by atoms with Crippen molar-refractivity contribution in [1.82, 2.24) is 20.2 Å². The maximum Gasteiger partial charge on any atom is 0.388 e. The van der Waals surface area contributed by atoms with E-state index in [-0.39, 0.29) is 0 Å². The van der Waals surface area contributed by atoms with E-state index in [0.717, 1.165) is 10.4 Å². The molecule has 3 aromatic carbocycles. The third-order valence-electron chi connectivity index (χ3n) is 4.24. The number of hydrogen-bond acceptors (Lipinski definition) is 6. The summed E-state index contributed by atoms with van der Waals surface area (Å²) in [6.07, 6.45) is 1.60. The van der Waals surface area contributed by atoms with Gasteiger partial charge < -0.3 is 4.74 Å². The first-order valence-corrected chi connectivity index (χ1v) is 9.17. The zero-order valence-electron chi connectivity index (χ0n) is 16.2. The second kappa shape index (κ2) is 8.78. The van der Waals surface area contributed by atoms with Crippen LogP contribution in [0.5, 0.6) is 5.75 Å². The lowest BCUT2D eigenvalue weighted by Gasteiger charge is -2.15. The maximum atomic E-state index is 13.1. The zero-order valence-corrected chi connectivity index (χ0v) is 16.2. The number of amides is 1. The highest BCUT2D eigenvalue weighted by atomic mass is 16.5. The number of tetrazole rings is 1. The van der Waals surface area contributed by atoms with Gasteiger partial charge in [-0.25, -0.2) is 4.79 Å². The van der Waals surface area contributed by atoms with Gasteiger partial charge in [-0.2, -0.15) is 10.1 Å². The second-order valence-corrected chi connectivity index (χ2v) is 6.22. The van der Waals surface area contributed by atoms with Crippen molar-refractivity contribution in [2.75, 3.05) is 12.1 Å². The molecule has 0 aliphatic heterocycles. The van der Waals surface area contributed by atoms with Gasteiger partial charge in [0.1, 0.15) is 5.75 Å². The average Bonchev–Trinajstić information content (AvgIpc) is 3.31. The van der Waals surface area contributed by atoms with E-state index < -0.39 is 6.03 Å². The molecule has 148 valence electrons. The van der Waals surface area contributed by atoms with Crippen LogP contribution in [0.4, 0.5) is 10.5 Å². The highest BCUT2D eigenvalue weighted by Crippen LogP contribution is 2.19. The molecule has 4 rings (SSSR count). The number of hydrogen-bond donors (Lipinski definition) is 0. The minimum absolute atomic E-state index is 0.325. The van der Waals surface area contributed by atoms with Gasteiger partial charge in [0.25, 0.3) is 0 Å². The Kier molecular flexibility index (Phi) is 5.56. The van der Waals surface area contributed by atoms with E-state index >= 15 is 0 Å². The molecule has 0 unspecified atom stereocenters. The minimum Gasteiger partial charge on any atom is -0.497 e. The predicted molar refractivity (Wildman–Crippen MR) is 114 cm³/mol. The minimum atomic E-state index is -0.555. The summed E-state index contributed by atoms with van der Waals surface area (Å²) in [6, 6.07) is 25.2. The molecule has 0 saturated carbocycles. The molecule has 8 nitrogen and oxygen atoms in total. The van der Waals surface area contributed by atoms with Gasteiger partial charge in [-0.15, -0.1) is 10.2 Å². The van der Waals surface area contributed by atoms with E-state index in [9.17, 15) is 4.79 Å². The molecular formula is C22H18N6O2. The van der Waals surface area contributed by atoms with Crippen molar-refractivity contribution in [3.63, 3.8) is 0 Å². The number of hydrazone groups is 1. The number of carbonyl (C=O) groups is 1. The summed E-state index contributed by atoms with van der Waals surface area (Å²) in [5.74, 6) is 1.04. The second-order valence-electron chi connectivity index (χ2n) is 6.22. The summed E-state index contributed by atoms with van der Waals surface area (Å²) in [5.41, 5.74) is 2.16. The monoisotopic (exact) mass is 398 g/mol. The van der Waals surface area contributed by atoms with Crippen molar-refractivity contribution < 1.29 is 9.53 Å². The lowest BCUT2D eigenvalue weighted by molar-refractivity contribution is 0.241. The lowest BCUT2D eigenvalue weighted by atomic mass is 10.2. The van der Waals surface area contributed by atoms with Crippen LogP contribution in [-0.4, -0.2) is 39.6 Å². The number of nitrogens with zero attached hydrogens (tertiary/aromatic N) is 6. The smallest absolute Gasteiger partial charge is 0.388 e. The van der Waals surface area contributed by atoms with Crippen LogP contribution < -0.4 is 9.75 Å². The van der Waals surface area contributed by atoms with E-state index in [1.165, 1.54) is 5.01 Å². The Morgan fingerprint density at radius 3 is 2.30 bits per heavy atom. The van der Waals surface area contributed by atoms with Gasteiger partial charge in [-0.05, 0) is 47.2 Å². The molecule has 1 heterocycles. The largest absolute Gasteiger partial charge is 0.497 e. The molecule has 1 amide bonds. The quantitative estimate of drug-likeness (QED) is 0.376. The van der Waals surface area contributed by atoms with Crippen LogP contribution in [0.15, 0.2) is 90.0 Å². The lowest BCUT2D eigenvalue weighted by Crippen LogP contribution is -2.32. The van der Waals surface area contributed by atoms with E-state index in [4.69, 9.17) is 4.74 Å². The van der Waals surface area contributed by atoms with E-state index in [0.29, 0.717) is 22.8 Å². The Bertz CT molecular complexity index is 1140. The Balaban J connectivity index is 1.63. The summed E-state index contributed by atoms with van der Waals surface area (Å²) in [5, 5.41) is 17.7. The van der Waals surface area contributed by atoms with Crippen LogP contribution in [0.25, 0.3) is 11.4 Å². The fourth-order valence-electron chi connectivity index (χ4n) is 2.69. The zero-order chi connectivity index (χ0) is 20.8. The van der Waals surface area contributed by atoms with Crippen molar-refractivity contribution in [3.8, 4) is 17.1 Å². The van der Waals surface area contributed by atoms with Gasteiger partial charge in [0, 0.05) is 5.56 Å². The fraction of sp³-hybridized carbons (Fsp3) is 0.0455. The van der Waals surface area contributed by atoms with E-state index in [1.54, 1.807) is 49.7 Å². The molecule has 4 aromatic rings. The van der Waals surface area contributed by atoms with Crippen LogP contribution in [0, 0.1) is 0 Å². The molecule has 0 aliphatic carbocycles. The van der Waals surface area contributed by atoms with Crippen LogP contribution in [0.3, 0.4) is 0 Å². The number of anilines is 1. The molecule has 30 heavy (non-hydrogen) atoms. The van der Waals surface area contributed by atoms with Crippen molar-refractivity contribution in [3.05, 3.63) is 90.5 Å². The molecule has 0 spiro atoms. The normalized spacial score (nSPS) is 10.8. The highest BCUT2D eigenvalue weighted by Gasteiger charge is 2.20. The van der Waals surface area contributed by atoms with Crippen LogP contribution >= 0.6 is 0 Å². The molecule has 0 fully saturated rings.